The summed E-state index contributed by atoms with van der Waals surface area (Å²) in [5.41, 5.74) is 3.11. The summed E-state index contributed by atoms with van der Waals surface area (Å²) < 4.78 is 0.926. The fourth-order valence-electron chi connectivity index (χ4n) is 2.64. The van der Waals surface area contributed by atoms with Gasteiger partial charge in [-0.2, -0.15) is 0 Å². The Balaban J connectivity index is 2.40. The molecule has 0 fully saturated rings. The molecule has 1 aromatic heterocycles. The highest BCUT2D eigenvalue weighted by molar-refractivity contribution is 9.10. The third-order valence-electron chi connectivity index (χ3n) is 3.44. The molecule has 3 rings (SSSR count). The van der Waals surface area contributed by atoms with Crippen LogP contribution >= 0.6 is 15.9 Å². The Morgan fingerprint density at radius 2 is 2.06 bits per heavy atom. The minimum absolute atomic E-state index is 0.446. The first-order valence-electron chi connectivity index (χ1n) is 6.01. The van der Waals surface area contributed by atoms with Crippen molar-refractivity contribution in [2.45, 2.75) is 25.7 Å². The second kappa shape index (κ2) is 4.35. The standard InChI is InChI=1S/C14H12BrNO2/c15-8-5-6-10-12(7-8)16-11-4-2-1-3-9(11)13(10)14(17)18/h5-7H,1-4H2,(H,17,18). The van der Waals surface area contributed by atoms with Crippen LogP contribution in [-0.2, 0) is 12.8 Å². The third-order valence-corrected chi connectivity index (χ3v) is 3.93. The van der Waals surface area contributed by atoms with Crippen molar-refractivity contribution in [2.75, 3.05) is 0 Å². The molecule has 0 unspecified atom stereocenters. The van der Waals surface area contributed by atoms with E-state index in [1.165, 1.54) is 0 Å². The van der Waals surface area contributed by atoms with Crippen LogP contribution in [0.15, 0.2) is 22.7 Å². The van der Waals surface area contributed by atoms with Gasteiger partial charge in [0, 0.05) is 15.6 Å². The van der Waals surface area contributed by atoms with Crippen molar-refractivity contribution in [2.24, 2.45) is 0 Å². The van der Waals surface area contributed by atoms with Crippen LogP contribution in [0.4, 0.5) is 0 Å². The molecule has 18 heavy (non-hydrogen) atoms. The van der Waals surface area contributed by atoms with Gasteiger partial charge in [-0.15, -0.1) is 0 Å². The largest absolute Gasteiger partial charge is 0.478 e. The van der Waals surface area contributed by atoms with Gasteiger partial charge in [0.25, 0.3) is 0 Å². The summed E-state index contributed by atoms with van der Waals surface area (Å²) in [7, 11) is 0. The number of carboxylic acids is 1. The van der Waals surface area contributed by atoms with E-state index in [1.807, 2.05) is 18.2 Å². The van der Waals surface area contributed by atoms with E-state index in [0.717, 1.165) is 52.3 Å². The maximum Gasteiger partial charge on any atom is 0.336 e. The smallest absolute Gasteiger partial charge is 0.336 e. The van der Waals surface area contributed by atoms with Gasteiger partial charge in [-0.25, -0.2) is 4.79 Å². The Hall–Kier alpha value is -1.42. The number of aryl methyl sites for hydroxylation is 1. The number of benzene rings is 1. The van der Waals surface area contributed by atoms with Crippen molar-refractivity contribution in [1.29, 1.82) is 0 Å². The molecule has 2 aromatic rings. The third kappa shape index (κ3) is 1.81. The van der Waals surface area contributed by atoms with Crippen LogP contribution in [-0.4, -0.2) is 16.1 Å². The first kappa shape index (κ1) is 11.7. The van der Waals surface area contributed by atoms with Crippen LogP contribution in [0, 0.1) is 0 Å². The molecule has 0 radical (unpaired) electrons. The first-order valence-corrected chi connectivity index (χ1v) is 6.80. The van der Waals surface area contributed by atoms with E-state index in [2.05, 4.69) is 20.9 Å². The van der Waals surface area contributed by atoms with E-state index >= 15 is 0 Å². The predicted molar refractivity (Wildman–Crippen MR) is 73.0 cm³/mol. The topological polar surface area (TPSA) is 50.2 Å². The van der Waals surface area contributed by atoms with E-state index in [-0.39, 0.29) is 0 Å². The minimum Gasteiger partial charge on any atom is -0.478 e. The number of rotatable bonds is 1. The predicted octanol–water partition coefficient (Wildman–Crippen LogP) is 3.57. The molecule has 0 spiro atoms. The van der Waals surface area contributed by atoms with Crippen LogP contribution in [0.3, 0.4) is 0 Å². The fourth-order valence-corrected chi connectivity index (χ4v) is 2.99. The lowest BCUT2D eigenvalue weighted by atomic mass is 9.90. The Kier molecular flexibility index (Phi) is 2.82. The first-order chi connectivity index (χ1) is 8.66. The van der Waals surface area contributed by atoms with Crippen LogP contribution in [0.25, 0.3) is 10.9 Å². The molecular formula is C14H12BrNO2. The Morgan fingerprint density at radius 1 is 1.28 bits per heavy atom. The summed E-state index contributed by atoms with van der Waals surface area (Å²) in [5, 5.41) is 10.2. The molecule has 92 valence electrons. The van der Waals surface area contributed by atoms with E-state index < -0.39 is 5.97 Å². The van der Waals surface area contributed by atoms with Crippen LogP contribution in [0.5, 0.6) is 0 Å². The highest BCUT2D eigenvalue weighted by Gasteiger charge is 2.22. The summed E-state index contributed by atoms with van der Waals surface area (Å²) in [6, 6.07) is 5.59. The van der Waals surface area contributed by atoms with Crippen molar-refractivity contribution in [3.8, 4) is 0 Å². The molecule has 1 aromatic carbocycles. The Morgan fingerprint density at radius 3 is 2.83 bits per heavy atom. The van der Waals surface area contributed by atoms with Gasteiger partial charge in [0.05, 0.1) is 11.1 Å². The molecule has 0 atom stereocenters. The van der Waals surface area contributed by atoms with Crippen LogP contribution in [0.1, 0.15) is 34.5 Å². The Bertz CT molecular complexity index is 652. The second-order valence-electron chi connectivity index (χ2n) is 4.59. The summed E-state index contributed by atoms with van der Waals surface area (Å²) in [6.45, 7) is 0. The number of fused-ring (bicyclic) bond motifs is 2. The second-order valence-corrected chi connectivity index (χ2v) is 5.50. The number of aromatic nitrogens is 1. The molecule has 0 aliphatic heterocycles. The van der Waals surface area contributed by atoms with Gasteiger partial charge in [0.15, 0.2) is 0 Å². The van der Waals surface area contributed by atoms with Crippen molar-refractivity contribution in [1.82, 2.24) is 4.98 Å². The number of nitrogens with zero attached hydrogens (tertiary/aromatic N) is 1. The van der Waals surface area contributed by atoms with Crippen molar-refractivity contribution >= 4 is 32.8 Å². The van der Waals surface area contributed by atoms with Crippen molar-refractivity contribution < 1.29 is 9.90 Å². The number of carbonyl (C=O) groups is 1. The van der Waals surface area contributed by atoms with E-state index in [1.54, 1.807) is 0 Å². The zero-order valence-electron chi connectivity index (χ0n) is 9.74. The van der Waals surface area contributed by atoms with E-state index in [0.29, 0.717) is 5.56 Å². The van der Waals surface area contributed by atoms with Gasteiger partial charge in [-0.05, 0) is 43.4 Å². The number of carboxylic acid groups (broad SMARTS) is 1. The Labute approximate surface area is 113 Å². The number of hydrogen-bond acceptors (Lipinski definition) is 2. The molecule has 0 bridgehead atoms. The van der Waals surface area contributed by atoms with Crippen LogP contribution < -0.4 is 0 Å². The van der Waals surface area contributed by atoms with Gasteiger partial charge in [0.2, 0.25) is 0 Å². The maximum atomic E-state index is 11.5. The van der Waals surface area contributed by atoms with Crippen molar-refractivity contribution in [3.05, 3.63) is 39.5 Å². The number of aromatic carboxylic acids is 1. The molecule has 0 amide bonds. The maximum absolute atomic E-state index is 11.5. The summed E-state index contributed by atoms with van der Waals surface area (Å²) >= 11 is 3.40. The summed E-state index contributed by atoms with van der Waals surface area (Å²) in [5.74, 6) is -0.845. The number of pyridine rings is 1. The molecule has 1 aliphatic rings. The molecule has 0 saturated carbocycles. The number of halogens is 1. The molecular weight excluding hydrogens is 294 g/mol. The lowest BCUT2D eigenvalue weighted by molar-refractivity contribution is 0.0697. The minimum atomic E-state index is -0.845. The molecule has 0 saturated heterocycles. The van der Waals surface area contributed by atoms with Gasteiger partial charge in [0.1, 0.15) is 0 Å². The average molecular weight is 306 g/mol. The molecule has 1 aliphatic carbocycles. The molecule has 1 N–H and O–H groups in total. The fraction of sp³-hybridized carbons (Fsp3) is 0.286. The summed E-state index contributed by atoms with van der Waals surface area (Å²) in [6.07, 6.45) is 3.86. The van der Waals surface area contributed by atoms with Crippen molar-refractivity contribution in [3.63, 3.8) is 0 Å². The molecule has 3 nitrogen and oxygen atoms in total. The zero-order chi connectivity index (χ0) is 12.7. The van der Waals surface area contributed by atoms with Gasteiger partial charge in [-0.1, -0.05) is 22.0 Å². The highest BCUT2D eigenvalue weighted by atomic mass is 79.9. The summed E-state index contributed by atoms with van der Waals surface area (Å²) in [4.78, 5) is 16.2. The van der Waals surface area contributed by atoms with Gasteiger partial charge < -0.3 is 5.11 Å². The van der Waals surface area contributed by atoms with E-state index in [4.69, 9.17) is 0 Å². The highest BCUT2D eigenvalue weighted by Crippen LogP contribution is 2.30. The SMILES string of the molecule is O=C(O)c1c2c(nc3cc(Br)ccc13)CCCC2. The van der Waals surface area contributed by atoms with Crippen LogP contribution in [0.2, 0.25) is 0 Å². The average Bonchev–Trinajstić information content (AvgIpc) is 2.35. The lowest BCUT2D eigenvalue weighted by Gasteiger charge is -2.18. The van der Waals surface area contributed by atoms with Gasteiger partial charge in [-0.3, -0.25) is 4.98 Å². The molecule has 4 heteroatoms. The zero-order valence-corrected chi connectivity index (χ0v) is 11.3. The monoisotopic (exact) mass is 305 g/mol. The number of hydrogen-bond donors (Lipinski definition) is 1. The quantitative estimate of drug-likeness (QED) is 0.876. The molecule has 1 heterocycles. The van der Waals surface area contributed by atoms with Gasteiger partial charge >= 0.3 is 5.97 Å². The normalized spacial score (nSPS) is 14.5. The lowest BCUT2D eigenvalue weighted by Crippen LogP contribution is -2.13. The van der Waals surface area contributed by atoms with E-state index in [9.17, 15) is 9.90 Å².